The highest BCUT2D eigenvalue weighted by molar-refractivity contribution is 9.10. The van der Waals surface area contributed by atoms with Crippen LogP contribution >= 0.6 is 31.9 Å². The summed E-state index contributed by atoms with van der Waals surface area (Å²) in [6.45, 7) is 1.95. The van der Waals surface area contributed by atoms with E-state index in [0.29, 0.717) is 5.56 Å². The third kappa shape index (κ3) is 3.64. The van der Waals surface area contributed by atoms with Crippen molar-refractivity contribution in [2.24, 2.45) is 0 Å². The molecule has 0 spiro atoms. The van der Waals surface area contributed by atoms with Gasteiger partial charge in [0.15, 0.2) is 0 Å². The molecule has 0 saturated carbocycles. The normalized spacial score (nSPS) is 11.9. The van der Waals surface area contributed by atoms with E-state index in [1.807, 2.05) is 31.2 Å². The minimum Gasteiger partial charge on any atom is -0.345 e. The lowest BCUT2D eigenvalue weighted by atomic mass is 10.1. The van der Waals surface area contributed by atoms with Crippen molar-refractivity contribution in [1.82, 2.24) is 10.3 Å². The zero-order chi connectivity index (χ0) is 13.8. The lowest BCUT2D eigenvalue weighted by molar-refractivity contribution is 0.0939. The van der Waals surface area contributed by atoms with Gasteiger partial charge in [0.1, 0.15) is 0 Å². The van der Waals surface area contributed by atoms with Gasteiger partial charge < -0.3 is 5.32 Å². The van der Waals surface area contributed by atoms with Crippen LogP contribution in [-0.4, -0.2) is 10.9 Å². The van der Waals surface area contributed by atoms with E-state index in [9.17, 15) is 4.79 Å². The molecule has 0 aliphatic rings. The molecule has 1 amide bonds. The van der Waals surface area contributed by atoms with Crippen molar-refractivity contribution in [1.29, 1.82) is 0 Å². The summed E-state index contributed by atoms with van der Waals surface area (Å²) >= 11 is 6.79. The number of pyridine rings is 1. The number of aromatic nitrogens is 1. The second kappa shape index (κ2) is 6.30. The van der Waals surface area contributed by atoms with Crippen molar-refractivity contribution in [3.63, 3.8) is 0 Å². The fourth-order valence-electron chi connectivity index (χ4n) is 1.72. The molecule has 1 heterocycles. The Morgan fingerprint density at radius 2 is 2.00 bits per heavy atom. The quantitative estimate of drug-likeness (QED) is 0.866. The number of carbonyl (C=O) groups excluding carboxylic acids is 1. The Morgan fingerprint density at radius 3 is 2.68 bits per heavy atom. The molecule has 0 bridgehead atoms. The van der Waals surface area contributed by atoms with Gasteiger partial charge in [-0.05, 0) is 40.5 Å². The molecule has 0 unspecified atom stereocenters. The summed E-state index contributed by atoms with van der Waals surface area (Å²) in [5.41, 5.74) is 1.58. The summed E-state index contributed by atoms with van der Waals surface area (Å²) in [5.74, 6) is -0.142. The third-order valence-electron chi connectivity index (χ3n) is 2.69. The van der Waals surface area contributed by atoms with E-state index >= 15 is 0 Å². The highest BCUT2D eigenvalue weighted by Gasteiger charge is 2.13. The summed E-state index contributed by atoms with van der Waals surface area (Å²) in [7, 11) is 0. The average molecular weight is 384 g/mol. The Hall–Kier alpha value is -1.20. The van der Waals surface area contributed by atoms with Gasteiger partial charge in [0.05, 0.1) is 11.6 Å². The van der Waals surface area contributed by atoms with Crippen LogP contribution in [0.15, 0.2) is 51.7 Å². The monoisotopic (exact) mass is 382 g/mol. The average Bonchev–Trinajstić information content (AvgIpc) is 2.39. The molecule has 0 aliphatic carbocycles. The summed E-state index contributed by atoms with van der Waals surface area (Å²) < 4.78 is 1.77. The molecule has 1 aromatic carbocycles. The Bertz CT molecular complexity index is 602. The highest BCUT2D eigenvalue weighted by atomic mass is 79.9. The van der Waals surface area contributed by atoms with Crippen molar-refractivity contribution in [2.45, 2.75) is 13.0 Å². The number of benzene rings is 1. The predicted molar refractivity (Wildman–Crippen MR) is 82.0 cm³/mol. The number of nitrogens with one attached hydrogen (secondary N) is 1. The minimum absolute atomic E-state index is 0.0814. The van der Waals surface area contributed by atoms with Crippen molar-refractivity contribution < 1.29 is 4.79 Å². The Kier molecular flexibility index (Phi) is 4.71. The molecular weight excluding hydrogens is 372 g/mol. The van der Waals surface area contributed by atoms with E-state index in [2.05, 4.69) is 42.2 Å². The van der Waals surface area contributed by atoms with Gasteiger partial charge in [0.2, 0.25) is 0 Å². The van der Waals surface area contributed by atoms with E-state index < -0.39 is 0 Å². The first kappa shape index (κ1) is 14.2. The molecule has 0 aliphatic heterocycles. The number of carbonyl (C=O) groups is 1. The molecule has 0 radical (unpaired) electrons. The number of amides is 1. The first-order valence-electron chi connectivity index (χ1n) is 5.74. The van der Waals surface area contributed by atoms with E-state index in [0.717, 1.165) is 14.5 Å². The lowest BCUT2D eigenvalue weighted by Crippen LogP contribution is -2.26. The molecule has 5 heteroatoms. The molecule has 1 N–H and O–H groups in total. The molecule has 0 fully saturated rings. The number of hydrogen-bond donors (Lipinski definition) is 1. The maximum absolute atomic E-state index is 12.1. The van der Waals surface area contributed by atoms with Crippen LogP contribution in [0.2, 0.25) is 0 Å². The van der Waals surface area contributed by atoms with Crippen molar-refractivity contribution in [3.8, 4) is 0 Å². The van der Waals surface area contributed by atoms with E-state index in [-0.39, 0.29) is 11.9 Å². The second-order valence-electron chi connectivity index (χ2n) is 4.11. The summed E-state index contributed by atoms with van der Waals surface area (Å²) in [4.78, 5) is 16.1. The predicted octanol–water partition coefficient (Wildman–Crippen LogP) is 4.10. The molecular formula is C14H12Br2N2O. The van der Waals surface area contributed by atoms with Gasteiger partial charge in [0, 0.05) is 21.3 Å². The van der Waals surface area contributed by atoms with Crippen molar-refractivity contribution in [3.05, 3.63) is 62.8 Å². The molecule has 2 aromatic rings. The first-order chi connectivity index (χ1) is 9.08. The number of hydrogen-bond acceptors (Lipinski definition) is 2. The Morgan fingerprint density at radius 1 is 1.26 bits per heavy atom. The zero-order valence-corrected chi connectivity index (χ0v) is 13.4. The zero-order valence-electron chi connectivity index (χ0n) is 10.2. The van der Waals surface area contributed by atoms with Crippen LogP contribution in [0.25, 0.3) is 0 Å². The maximum atomic E-state index is 12.1. The van der Waals surface area contributed by atoms with Crippen LogP contribution in [0.4, 0.5) is 0 Å². The second-order valence-corrected chi connectivity index (χ2v) is 5.88. The standard InChI is InChI=1S/C14H12Br2N2O/c1-9(12-4-2-3-5-13(12)16)18-14(19)10-6-11(15)8-17-7-10/h2-9H,1H3,(H,18,19)/t9-/m1/s1. The molecule has 0 saturated heterocycles. The SMILES string of the molecule is C[C@@H](NC(=O)c1cncc(Br)c1)c1ccccc1Br. The van der Waals surface area contributed by atoms with Crippen LogP contribution < -0.4 is 5.32 Å². The highest BCUT2D eigenvalue weighted by Crippen LogP contribution is 2.23. The smallest absolute Gasteiger partial charge is 0.253 e. The van der Waals surface area contributed by atoms with Gasteiger partial charge in [-0.25, -0.2) is 0 Å². The van der Waals surface area contributed by atoms with Crippen LogP contribution in [0.5, 0.6) is 0 Å². The van der Waals surface area contributed by atoms with Crippen LogP contribution in [0.1, 0.15) is 28.9 Å². The molecule has 98 valence electrons. The molecule has 2 rings (SSSR count). The van der Waals surface area contributed by atoms with Gasteiger partial charge in [-0.2, -0.15) is 0 Å². The molecule has 1 atom stereocenters. The Labute approximate surface area is 128 Å². The van der Waals surface area contributed by atoms with Gasteiger partial charge in [0.25, 0.3) is 5.91 Å². The van der Waals surface area contributed by atoms with Gasteiger partial charge in [-0.15, -0.1) is 0 Å². The topological polar surface area (TPSA) is 42.0 Å². The fourth-order valence-corrected chi connectivity index (χ4v) is 2.71. The fraction of sp³-hybridized carbons (Fsp3) is 0.143. The summed E-state index contributed by atoms with van der Waals surface area (Å²) in [5, 5.41) is 2.95. The maximum Gasteiger partial charge on any atom is 0.253 e. The Balaban J connectivity index is 2.13. The largest absolute Gasteiger partial charge is 0.345 e. The molecule has 19 heavy (non-hydrogen) atoms. The minimum atomic E-state index is -0.142. The number of nitrogens with zero attached hydrogens (tertiary/aromatic N) is 1. The van der Waals surface area contributed by atoms with E-state index in [1.54, 1.807) is 18.5 Å². The van der Waals surface area contributed by atoms with E-state index in [1.165, 1.54) is 0 Å². The van der Waals surface area contributed by atoms with E-state index in [4.69, 9.17) is 0 Å². The van der Waals surface area contributed by atoms with Crippen LogP contribution in [0, 0.1) is 0 Å². The number of halogens is 2. The summed E-state index contributed by atoms with van der Waals surface area (Å²) in [6.07, 6.45) is 3.20. The van der Waals surface area contributed by atoms with Crippen LogP contribution in [0.3, 0.4) is 0 Å². The van der Waals surface area contributed by atoms with Gasteiger partial charge in [-0.1, -0.05) is 34.1 Å². The van der Waals surface area contributed by atoms with Gasteiger partial charge in [-0.3, -0.25) is 9.78 Å². The number of rotatable bonds is 3. The van der Waals surface area contributed by atoms with Crippen molar-refractivity contribution >= 4 is 37.8 Å². The summed E-state index contributed by atoms with van der Waals surface area (Å²) in [6, 6.07) is 9.49. The third-order valence-corrected chi connectivity index (χ3v) is 3.84. The molecule has 1 aromatic heterocycles. The van der Waals surface area contributed by atoms with Gasteiger partial charge >= 0.3 is 0 Å². The molecule has 3 nitrogen and oxygen atoms in total. The van der Waals surface area contributed by atoms with Crippen LogP contribution in [-0.2, 0) is 0 Å². The first-order valence-corrected chi connectivity index (χ1v) is 7.32. The van der Waals surface area contributed by atoms with Crippen molar-refractivity contribution in [2.75, 3.05) is 0 Å². The lowest BCUT2D eigenvalue weighted by Gasteiger charge is -2.15.